The number of halogens is 1. The largest absolute Gasteiger partial charge is 0.341 e. The first-order valence-corrected chi connectivity index (χ1v) is 4.43. The van der Waals surface area contributed by atoms with Crippen molar-refractivity contribution in [3.63, 3.8) is 0 Å². The maximum absolute atomic E-state index is 10.8. The number of likely N-dealkylation sites (tertiary alicyclic amines) is 1. The van der Waals surface area contributed by atoms with Crippen LogP contribution in [0.1, 0.15) is 13.3 Å². The molecule has 1 atom stereocenters. The van der Waals surface area contributed by atoms with Gasteiger partial charge < -0.3 is 4.90 Å². The summed E-state index contributed by atoms with van der Waals surface area (Å²) in [6, 6.07) is 0.504. The number of hydrogen-bond donors (Lipinski definition) is 1. The minimum Gasteiger partial charge on any atom is -0.341 e. The molecule has 1 aliphatic heterocycles. The van der Waals surface area contributed by atoms with Crippen LogP contribution in [0.15, 0.2) is 0 Å². The van der Waals surface area contributed by atoms with Gasteiger partial charge in [-0.3, -0.25) is 8.32 Å². The van der Waals surface area contributed by atoms with Gasteiger partial charge in [0.15, 0.2) is 0 Å². The first-order valence-electron chi connectivity index (χ1n) is 3.35. The molecule has 58 valence electrons. The fourth-order valence-corrected chi connectivity index (χ4v) is 1.64. The molecule has 1 fully saturated rings. The van der Waals surface area contributed by atoms with Crippen molar-refractivity contribution >= 4 is 28.8 Å². The standard InChI is InChI=1S/C6H11IN2O/c1-5(10)9-3-2-6(4-9)8-7/h6,8H,2-4H2,1H3/t6-/m0/s1. The fourth-order valence-electron chi connectivity index (χ4n) is 1.14. The van der Waals surface area contributed by atoms with Crippen LogP contribution in [-0.4, -0.2) is 29.9 Å². The zero-order chi connectivity index (χ0) is 7.56. The molecule has 4 heteroatoms. The second kappa shape index (κ2) is 3.52. The molecule has 1 amide bonds. The van der Waals surface area contributed by atoms with Gasteiger partial charge in [0.25, 0.3) is 0 Å². The van der Waals surface area contributed by atoms with Crippen LogP contribution in [0.25, 0.3) is 0 Å². The first kappa shape index (κ1) is 8.26. The molecule has 0 aromatic carbocycles. The van der Waals surface area contributed by atoms with Crippen molar-refractivity contribution in [2.24, 2.45) is 0 Å². The SMILES string of the molecule is CC(=O)N1CC[C@H](NI)C1. The van der Waals surface area contributed by atoms with Crippen molar-refractivity contribution in [2.75, 3.05) is 13.1 Å². The summed E-state index contributed by atoms with van der Waals surface area (Å²) in [5, 5.41) is 0. The second-order valence-electron chi connectivity index (χ2n) is 2.56. The lowest BCUT2D eigenvalue weighted by Gasteiger charge is -2.12. The van der Waals surface area contributed by atoms with Crippen LogP contribution in [0.2, 0.25) is 0 Å². The Kier molecular flexibility index (Phi) is 2.91. The van der Waals surface area contributed by atoms with Gasteiger partial charge in [0.05, 0.1) is 0 Å². The number of amides is 1. The lowest BCUT2D eigenvalue weighted by molar-refractivity contribution is -0.127. The molecule has 1 heterocycles. The number of carbonyl (C=O) groups excluding carboxylic acids is 1. The average Bonchev–Trinajstić information content (AvgIpc) is 2.34. The van der Waals surface area contributed by atoms with Gasteiger partial charge in [0.2, 0.25) is 5.91 Å². The summed E-state index contributed by atoms with van der Waals surface area (Å²) in [5.74, 6) is 0.189. The monoisotopic (exact) mass is 254 g/mol. The van der Waals surface area contributed by atoms with Gasteiger partial charge in [-0.05, 0) is 6.42 Å². The van der Waals surface area contributed by atoms with E-state index >= 15 is 0 Å². The minimum absolute atomic E-state index is 0.189. The molecule has 0 bridgehead atoms. The van der Waals surface area contributed by atoms with Crippen molar-refractivity contribution < 1.29 is 4.79 Å². The Morgan fingerprint density at radius 1 is 1.80 bits per heavy atom. The molecule has 0 unspecified atom stereocenters. The molecular formula is C6H11IN2O. The Morgan fingerprint density at radius 3 is 2.80 bits per heavy atom. The number of nitrogens with zero attached hydrogens (tertiary/aromatic N) is 1. The third-order valence-corrected chi connectivity index (χ3v) is 2.67. The van der Waals surface area contributed by atoms with Gasteiger partial charge >= 0.3 is 0 Å². The van der Waals surface area contributed by atoms with E-state index in [-0.39, 0.29) is 5.91 Å². The quantitative estimate of drug-likeness (QED) is 0.547. The van der Waals surface area contributed by atoms with E-state index in [2.05, 4.69) is 26.4 Å². The van der Waals surface area contributed by atoms with Gasteiger partial charge in [-0.2, -0.15) is 0 Å². The van der Waals surface area contributed by atoms with E-state index < -0.39 is 0 Å². The van der Waals surface area contributed by atoms with Crippen molar-refractivity contribution in [1.29, 1.82) is 0 Å². The number of carbonyl (C=O) groups is 1. The molecular weight excluding hydrogens is 243 g/mol. The summed E-state index contributed by atoms with van der Waals surface area (Å²) in [5.41, 5.74) is 0. The zero-order valence-electron chi connectivity index (χ0n) is 5.93. The summed E-state index contributed by atoms with van der Waals surface area (Å²) < 4.78 is 3.12. The van der Waals surface area contributed by atoms with Crippen LogP contribution in [0.4, 0.5) is 0 Å². The van der Waals surface area contributed by atoms with Gasteiger partial charge in [-0.15, -0.1) is 0 Å². The Balaban J connectivity index is 2.35. The number of hydrogen-bond acceptors (Lipinski definition) is 2. The highest BCUT2D eigenvalue weighted by Gasteiger charge is 2.22. The van der Waals surface area contributed by atoms with Gasteiger partial charge in [0, 0.05) is 48.9 Å². The molecule has 0 aliphatic carbocycles. The highest BCUT2D eigenvalue weighted by molar-refractivity contribution is 14.1. The van der Waals surface area contributed by atoms with Crippen LogP contribution < -0.4 is 3.53 Å². The predicted octanol–water partition coefficient (Wildman–Crippen LogP) is 0.547. The molecule has 1 saturated heterocycles. The first-order chi connectivity index (χ1) is 4.74. The van der Waals surface area contributed by atoms with Crippen LogP contribution >= 0.6 is 22.9 Å². The van der Waals surface area contributed by atoms with Crippen molar-refractivity contribution in [3.8, 4) is 0 Å². The molecule has 0 radical (unpaired) electrons. The topological polar surface area (TPSA) is 32.3 Å². The van der Waals surface area contributed by atoms with Gasteiger partial charge in [0.1, 0.15) is 0 Å². The minimum atomic E-state index is 0.189. The summed E-state index contributed by atoms with van der Waals surface area (Å²) >= 11 is 2.13. The molecule has 3 nitrogen and oxygen atoms in total. The zero-order valence-corrected chi connectivity index (χ0v) is 8.09. The van der Waals surface area contributed by atoms with Crippen LogP contribution in [0, 0.1) is 0 Å². The van der Waals surface area contributed by atoms with Gasteiger partial charge in [-0.25, -0.2) is 0 Å². The van der Waals surface area contributed by atoms with E-state index in [1.807, 2.05) is 4.90 Å². The third kappa shape index (κ3) is 1.82. The number of nitrogens with one attached hydrogen (secondary N) is 1. The maximum Gasteiger partial charge on any atom is 0.219 e. The molecule has 10 heavy (non-hydrogen) atoms. The summed E-state index contributed by atoms with van der Waals surface area (Å²) in [4.78, 5) is 12.7. The summed E-state index contributed by atoms with van der Waals surface area (Å²) in [7, 11) is 0. The van der Waals surface area contributed by atoms with Crippen molar-refractivity contribution in [3.05, 3.63) is 0 Å². The molecule has 0 saturated carbocycles. The average molecular weight is 254 g/mol. The Labute approximate surface area is 74.6 Å². The van der Waals surface area contributed by atoms with E-state index in [9.17, 15) is 4.79 Å². The third-order valence-electron chi connectivity index (χ3n) is 1.79. The fraction of sp³-hybridized carbons (Fsp3) is 0.833. The van der Waals surface area contributed by atoms with Crippen molar-refractivity contribution in [1.82, 2.24) is 8.43 Å². The molecule has 0 aromatic rings. The Hall–Kier alpha value is 0.160. The van der Waals surface area contributed by atoms with Gasteiger partial charge in [-0.1, -0.05) is 0 Å². The van der Waals surface area contributed by atoms with E-state index in [1.54, 1.807) is 6.92 Å². The summed E-state index contributed by atoms with van der Waals surface area (Å²) in [6.45, 7) is 3.41. The number of rotatable bonds is 1. The van der Waals surface area contributed by atoms with Crippen molar-refractivity contribution in [2.45, 2.75) is 19.4 Å². The molecule has 1 rings (SSSR count). The molecule has 1 N–H and O–H groups in total. The highest BCUT2D eigenvalue weighted by atomic mass is 127. The van der Waals surface area contributed by atoms with E-state index in [0.29, 0.717) is 6.04 Å². The lowest BCUT2D eigenvalue weighted by atomic mass is 10.3. The van der Waals surface area contributed by atoms with E-state index in [4.69, 9.17) is 0 Å². The normalized spacial score (nSPS) is 25.4. The Bertz CT molecular complexity index is 140. The smallest absolute Gasteiger partial charge is 0.219 e. The summed E-state index contributed by atoms with van der Waals surface area (Å²) in [6.07, 6.45) is 1.09. The molecule has 1 aliphatic rings. The molecule has 0 spiro atoms. The maximum atomic E-state index is 10.8. The van der Waals surface area contributed by atoms with Crippen LogP contribution in [0.5, 0.6) is 0 Å². The lowest BCUT2D eigenvalue weighted by Crippen LogP contribution is -2.29. The predicted molar refractivity (Wildman–Crippen MR) is 47.8 cm³/mol. The highest BCUT2D eigenvalue weighted by Crippen LogP contribution is 2.09. The van der Waals surface area contributed by atoms with E-state index in [1.165, 1.54) is 0 Å². The Morgan fingerprint density at radius 2 is 2.50 bits per heavy atom. The van der Waals surface area contributed by atoms with Crippen LogP contribution in [0.3, 0.4) is 0 Å². The second-order valence-corrected chi connectivity index (χ2v) is 3.18. The van der Waals surface area contributed by atoms with Crippen LogP contribution in [-0.2, 0) is 4.79 Å². The molecule has 0 aromatic heterocycles. The van der Waals surface area contributed by atoms with E-state index in [0.717, 1.165) is 19.5 Å².